The summed E-state index contributed by atoms with van der Waals surface area (Å²) < 4.78 is 6.87. The first kappa shape index (κ1) is 19.8. The molecule has 3 aromatic rings. The van der Waals surface area contributed by atoms with E-state index in [4.69, 9.17) is 4.74 Å². The molecule has 0 aliphatic heterocycles. The van der Waals surface area contributed by atoms with Crippen LogP contribution in [0.5, 0.6) is 5.75 Å². The molecule has 0 fully saturated rings. The van der Waals surface area contributed by atoms with E-state index in [-0.39, 0.29) is 11.7 Å². The van der Waals surface area contributed by atoms with Gasteiger partial charge in [-0.25, -0.2) is 4.98 Å². The number of nitrogens with one attached hydrogen (secondary N) is 2. The number of ether oxygens (including phenoxy) is 1. The van der Waals surface area contributed by atoms with Gasteiger partial charge in [0.1, 0.15) is 10.6 Å². The van der Waals surface area contributed by atoms with Crippen LogP contribution in [-0.2, 0) is 11.3 Å². The van der Waals surface area contributed by atoms with Crippen LogP contribution in [0, 0.1) is 20.8 Å². The van der Waals surface area contributed by atoms with Crippen LogP contribution in [0.1, 0.15) is 26.4 Å². The quantitative estimate of drug-likeness (QED) is 0.559. The van der Waals surface area contributed by atoms with Crippen molar-refractivity contribution in [2.75, 3.05) is 24.4 Å². The van der Waals surface area contributed by atoms with Crippen LogP contribution in [0.15, 0.2) is 24.5 Å². The molecular weight excluding hydrogens is 378 g/mol. The van der Waals surface area contributed by atoms with Crippen molar-refractivity contribution in [3.05, 3.63) is 46.1 Å². The number of rotatable bonds is 7. The molecule has 0 atom stereocenters. The number of aryl methyl sites for hydroxylation is 2. The van der Waals surface area contributed by atoms with Gasteiger partial charge in [-0.3, -0.25) is 9.48 Å². The molecule has 0 saturated heterocycles. The SMILES string of the molecule is COCCn1cc(C)c(Nc2ncc(C(=O)Nc3c(C)ccc(O)c3C)s2)n1. The molecule has 0 saturated carbocycles. The molecule has 0 aliphatic carbocycles. The molecule has 3 rings (SSSR count). The van der Waals surface area contributed by atoms with E-state index in [2.05, 4.69) is 20.7 Å². The Bertz CT molecular complexity index is 996. The van der Waals surface area contributed by atoms with Crippen molar-refractivity contribution in [1.82, 2.24) is 14.8 Å². The number of methoxy groups -OCH3 is 1. The number of phenolic OH excluding ortho intramolecular Hbond substituents is 1. The average molecular weight is 401 g/mol. The summed E-state index contributed by atoms with van der Waals surface area (Å²) in [6.45, 7) is 6.83. The van der Waals surface area contributed by atoms with Crippen molar-refractivity contribution >= 4 is 33.9 Å². The number of benzene rings is 1. The Morgan fingerprint density at radius 3 is 2.82 bits per heavy atom. The van der Waals surface area contributed by atoms with E-state index in [0.29, 0.717) is 40.2 Å². The largest absolute Gasteiger partial charge is 0.508 e. The Balaban J connectivity index is 1.71. The smallest absolute Gasteiger partial charge is 0.267 e. The summed E-state index contributed by atoms with van der Waals surface area (Å²) >= 11 is 1.24. The van der Waals surface area contributed by atoms with Crippen LogP contribution in [0.3, 0.4) is 0 Å². The monoisotopic (exact) mass is 401 g/mol. The predicted octanol–water partition coefficient (Wildman–Crippen LogP) is 3.61. The molecule has 0 aliphatic rings. The fourth-order valence-corrected chi connectivity index (χ4v) is 3.40. The Kier molecular flexibility index (Phi) is 5.96. The third kappa shape index (κ3) is 4.32. The molecule has 2 heterocycles. The first-order chi connectivity index (χ1) is 13.4. The zero-order chi connectivity index (χ0) is 20.3. The Morgan fingerprint density at radius 2 is 2.07 bits per heavy atom. The number of carbonyl (C=O) groups is 1. The molecule has 2 aromatic heterocycles. The topological polar surface area (TPSA) is 101 Å². The normalized spacial score (nSPS) is 10.9. The molecule has 0 spiro atoms. The molecule has 3 N–H and O–H groups in total. The fourth-order valence-electron chi connectivity index (χ4n) is 2.69. The maximum absolute atomic E-state index is 12.6. The molecule has 9 heteroatoms. The molecule has 0 radical (unpaired) electrons. The highest BCUT2D eigenvalue weighted by Gasteiger charge is 2.16. The van der Waals surface area contributed by atoms with Gasteiger partial charge < -0.3 is 20.5 Å². The molecule has 0 bridgehead atoms. The van der Waals surface area contributed by atoms with Gasteiger partial charge in [0.05, 0.1) is 25.0 Å². The first-order valence-corrected chi connectivity index (χ1v) is 9.57. The van der Waals surface area contributed by atoms with Crippen LogP contribution >= 0.6 is 11.3 Å². The highest BCUT2D eigenvalue weighted by Crippen LogP contribution is 2.29. The highest BCUT2D eigenvalue weighted by atomic mass is 32.1. The molecule has 1 amide bonds. The third-order valence-corrected chi connectivity index (χ3v) is 5.22. The lowest BCUT2D eigenvalue weighted by Crippen LogP contribution is -2.12. The maximum atomic E-state index is 12.6. The summed E-state index contributed by atoms with van der Waals surface area (Å²) in [5.74, 6) is 0.564. The second kappa shape index (κ2) is 8.41. The van der Waals surface area contributed by atoms with Gasteiger partial charge in [-0.05, 0) is 32.4 Å². The van der Waals surface area contributed by atoms with Gasteiger partial charge in [0.2, 0.25) is 0 Å². The third-order valence-electron chi connectivity index (χ3n) is 4.31. The number of thiazole rings is 1. The number of hydrogen-bond acceptors (Lipinski definition) is 7. The van der Waals surface area contributed by atoms with Gasteiger partial charge in [-0.15, -0.1) is 0 Å². The summed E-state index contributed by atoms with van der Waals surface area (Å²) in [5, 5.41) is 20.9. The second-order valence-corrected chi connectivity index (χ2v) is 7.46. The summed E-state index contributed by atoms with van der Waals surface area (Å²) in [7, 11) is 1.65. The van der Waals surface area contributed by atoms with E-state index in [1.165, 1.54) is 17.5 Å². The van der Waals surface area contributed by atoms with E-state index in [1.807, 2.05) is 20.0 Å². The van der Waals surface area contributed by atoms with E-state index in [0.717, 1.165) is 11.1 Å². The van der Waals surface area contributed by atoms with Crippen LogP contribution in [-0.4, -0.2) is 39.5 Å². The van der Waals surface area contributed by atoms with Crippen molar-refractivity contribution in [2.24, 2.45) is 0 Å². The summed E-state index contributed by atoms with van der Waals surface area (Å²) in [5.41, 5.74) is 3.10. The van der Waals surface area contributed by atoms with Crippen molar-refractivity contribution in [1.29, 1.82) is 0 Å². The predicted molar refractivity (Wildman–Crippen MR) is 110 cm³/mol. The Morgan fingerprint density at radius 1 is 1.29 bits per heavy atom. The lowest BCUT2D eigenvalue weighted by atomic mass is 10.1. The number of aromatic hydroxyl groups is 1. The van der Waals surface area contributed by atoms with E-state index < -0.39 is 0 Å². The van der Waals surface area contributed by atoms with Gasteiger partial charge in [0.15, 0.2) is 10.9 Å². The van der Waals surface area contributed by atoms with Crippen molar-refractivity contribution < 1.29 is 14.6 Å². The van der Waals surface area contributed by atoms with Gasteiger partial charge in [0, 0.05) is 24.4 Å². The standard InChI is InChI=1S/C19H23N5O3S/c1-11-5-6-14(25)13(3)16(11)21-18(26)15-9-20-19(28-15)22-17-12(2)10-24(23-17)7-8-27-4/h5-6,9-10,25H,7-8H2,1-4H3,(H,21,26)(H,20,22,23). The zero-order valence-corrected chi connectivity index (χ0v) is 17.1. The summed E-state index contributed by atoms with van der Waals surface area (Å²) in [6.07, 6.45) is 3.45. The van der Waals surface area contributed by atoms with Crippen LogP contribution in [0.2, 0.25) is 0 Å². The van der Waals surface area contributed by atoms with Gasteiger partial charge in [-0.1, -0.05) is 17.4 Å². The van der Waals surface area contributed by atoms with Crippen molar-refractivity contribution in [3.63, 3.8) is 0 Å². The number of anilines is 3. The number of hydrogen-bond donors (Lipinski definition) is 3. The lowest BCUT2D eigenvalue weighted by molar-refractivity contribution is 0.103. The molecule has 0 unspecified atom stereocenters. The van der Waals surface area contributed by atoms with Gasteiger partial charge >= 0.3 is 0 Å². The minimum atomic E-state index is -0.273. The number of phenols is 1. The lowest BCUT2D eigenvalue weighted by Gasteiger charge is -2.11. The first-order valence-electron chi connectivity index (χ1n) is 8.75. The molecule has 8 nitrogen and oxygen atoms in total. The number of nitrogens with zero attached hydrogens (tertiary/aromatic N) is 3. The van der Waals surface area contributed by atoms with E-state index >= 15 is 0 Å². The second-order valence-electron chi connectivity index (χ2n) is 6.43. The highest BCUT2D eigenvalue weighted by molar-refractivity contribution is 7.17. The fraction of sp³-hybridized carbons (Fsp3) is 0.316. The van der Waals surface area contributed by atoms with E-state index in [1.54, 1.807) is 30.8 Å². The van der Waals surface area contributed by atoms with E-state index in [9.17, 15) is 9.90 Å². The maximum Gasteiger partial charge on any atom is 0.267 e. The molecule has 1 aromatic carbocycles. The average Bonchev–Trinajstić information content (AvgIpc) is 3.27. The number of aromatic nitrogens is 3. The van der Waals surface area contributed by atoms with Crippen molar-refractivity contribution in [2.45, 2.75) is 27.3 Å². The van der Waals surface area contributed by atoms with Gasteiger partial charge in [0.25, 0.3) is 5.91 Å². The van der Waals surface area contributed by atoms with Crippen molar-refractivity contribution in [3.8, 4) is 5.75 Å². The van der Waals surface area contributed by atoms with Crippen LogP contribution in [0.25, 0.3) is 0 Å². The summed E-state index contributed by atoms with van der Waals surface area (Å²) in [4.78, 5) is 17.3. The minimum absolute atomic E-state index is 0.145. The molecular formula is C19H23N5O3S. The zero-order valence-electron chi connectivity index (χ0n) is 16.2. The Labute approximate surface area is 167 Å². The number of amides is 1. The minimum Gasteiger partial charge on any atom is -0.508 e. The molecule has 28 heavy (non-hydrogen) atoms. The van der Waals surface area contributed by atoms with Crippen LogP contribution in [0.4, 0.5) is 16.6 Å². The van der Waals surface area contributed by atoms with Gasteiger partial charge in [-0.2, -0.15) is 5.10 Å². The summed E-state index contributed by atoms with van der Waals surface area (Å²) in [6, 6.07) is 3.38. The number of carbonyl (C=O) groups excluding carboxylic acids is 1. The van der Waals surface area contributed by atoms with Crippen LogP contribution < -0.4 is 10.6 Å². The Hall–Kier alpha value is -2.91. The molecule has 148 valence electrons.